The lowest BCUT2D eigenvalue weighted by Gasteiger charge is -2.05. The van der Waals surface area contributed by atoms with Gasteiger partial charge in [-0.3, -0.25) is 9.89 Å². The van der Waals surface area contributed by atoms with E-state index in [2.05, 4.69) is 20.5 Å². The van der Waals surface area contributed by atoms with E-state index < -0.39 is 18.5 Å². The van der Waals surface area contributed by atoms with Crippen molar-refractivity contribution in [2.24, 2.45) is 0 Å². The summed E-state index contributed by atoms with van der Waals surface area (Å²) in [7, 11) is 0. The highest BCUT2D eigenvalue weighted by molar-refractivity contribution is 6.01. The van der Waals surface area contributed by atoms with Crippen molar-refractivity contribution in [2.75, 3.05) is 11.9 Å². The van der Waals surface area contributed by atoms with Crippen molar-refractivity contribution < 1.29 is 19.4 Å². The molecule has 21 heavy (non-hydrogen) atoms. The molecule has 0 bridgehead atoms. The van der Waals surface area contributed by atoms with Crippen molar-refractivity contribution >= 4 is 17.6 Å². The predicted molar refractivity (Wildman–Crippen MR) is 73.3 cm³/mol. The van der Waals surface area contributed by atoms with Gasteiger partial charge in [0.2, 0.25) is 5.82 Å². The summed E-state index contributed by atoms with van der Waals surface area (Å²) in [4.78, 5) is 26.3. The summed E-state index contributed by atoms with van der Waals surface area (Å²) in [5, 5.41) is 17.6. The number of aromatic nitrogens is 3. The molecule has 110 valence electrons. The fourth-order valence-corrected chi connectivity index (χ4v) is 1.52. The van der Waals surface area contributed by atoms with Crippen LogP contribution in [0.25, 0.3) is 0 Å². The summed E-state index contributed by atoms with van der Waals surface area (Å²) >= 11 is 0. The average molecular weight is 290 g/mol. The second-order valence-corrected chi connectivity index (χ2v) is 4.12. The molecule has 0 saturated carbocycles. The molecular formula is C13H14N4O4. The molecule has 2 rings (SSSR count). The van der Waals surface area contributed by atoms with E-state index in [1.165, 1.54) is 0 Å². The Kier molecular flexibility index (Phi) is 4.50. The zero-order chi connectivity index (χ0) is 15.2. The van der Waals surface area contributed by atoms with Crippen LogP contribution < -0.4 is 10.1 Å². The van der Waals surface area contributed by atoms with E-state index in [4.69, 9.17) is 9.84 Å². The predicted octanol–water partition coefficient (Wildman–Crippen LogP) is 1.08. The third-order valence-corrected chi connectivity index (χ3v) is 2.54. The van der Waals surface area contributed by atoms with Gasteiger partial charge < -0.3 is 15.2 Å². The Labute approximate surface area is 120 Å². The van der Waals surface area contributed by atoms with Gasteiger partial charge in [0.05, 0.1) is 0 Å². The number of ether oxygens (including phenoxy) is 1. The molecule has 0 aliphatic heterocycles. The van der Waals surface area contributed by atoms with E-state index in [1.54, 1.807) is 24.3 Å². The highest BCUT2D eigenvalue weighted by Crippen LogP contribution is 2.16. The van der Waals surface area contributed by atoms with E-state index in [0.717, 1.165) is 0 Å². The molecule has 0 atom stereocenters. The second-order valence-electron chi connectivity index (χ2n) is 4.12. The Balaban J connectivity index is 1.96. The number of hydrogen-bond donors (Lipinski definition) is 3. The molecule has 3 N–H and O–H groups in total. The molecule has 0 aliphatic rings. The number of aliphatic carboxylic acids is 1. The highest BCUT2D eigenvalue weighted by Gasteiger charge is 2.12. The van der Waals surface area contributed by atoms with Crippen LogP contribution >= 0.6 is 0 Å². The van der Waals surface area contributed by atoms with E-state index in [1.807, 2.05) is 6.92 Å². The number of carbonyl (C=O) groups is 2. The van der Waals surface area contributed by atoms with Gasteiger partial charge in [-0.2, -0.15) is 0 Å². The third-order valence-electron chi connectivity index (χ3n) is 2.54. The van der Waals surface area contributed by atoms with Crippen molar-refractivity contribution in [2.45, 2.75) is 13.3 Å². The first-order valence-corrected chi connectivity index (χ1v) is 6.25. The van der Waals surface area contributed by atoms with Crippen LogP contribution in [0.5, 0.6) is 5.75 Å². The number of hydrogen-bond acceptors (Lipinski definition) is 5. The van der Waals surface area contributed by atoms with Crippen LogP contribution in [0.3, 0.4) is 0 Å². The second kappa shape index (κ2) is 6.51. The molecule has 0 fully saturated rings. The molecule has 0 spiro atoms. The molecule has 0 unspecified atom stereocenters. The van der Waals surface area contributed by atoms with Crippen LogP contribution in [-0.4, -0.2) is 38.8 Å². The SMILES string of the molecule is CCc1nc(C(=O)Nc2ccc(OCC(=O)O)cc2)n[nH]1. The maximum absolute atomic E-state index is 11.9. The zero-order valence-electron chi connectivity index (χ0n) is 11.3. The van der Waals surface area contributed by atoms with Crippen molar-refractivity contribution in [1.29, 1.82) is 0 Å². The summed E-state index contributed by atoms with van der Waals surface area (Å²) < 4.78 is 4.99. The van der Waals surface area contributed by atoms with Crippen molar-refractivity contribution in [3.63, 3.8) is 0 Å². The summed E-state index contributed by atoms with van der Waals surface area (Å²) in [6, 6.07) is 6.33. The quantitative estimate of drug-likeness (QED) is 0.733. The normalized spacial score (nSPS) is 10.1. The van der Waals surface area contributed by atoms with E-state index in [-0.39, 0.29) is 5.82 Å². The minimum atomic E-state index is -1.05. The Morgan fingerprint density at radius 2 is 2.05 bits per heavy atom. The van der Waals surface area contributed by atoms with Crippen LogP contribution in [0.2, 0.25) is 0 Å². The summed E-state index contributed by atoms with van der Waals surface area (Å²) in [5.41, 5.74) is 0.533. The van der Waals surface area contributed by atoms with Crippen molar-refractivity contribution in [3.8, 4) is 5.75 Å². The minimum Gasteiger partial charge on any atom is -0.482 e. The first kappa shape index (κ1) is 14.5. The zero-order valence-corrected chi connectivity index (χ0v) is 11.3. The molecule has 1 heterocycles. The summed E-state index contributed by atoms with van der Waals surface area (Å²) in [6.45, 7) is 1.49. The largest absolute Gasteiger partial charge is 0.482 e. The number of aromatic amines is 1. The lowest BCUT2D eigenvalue weighted by Crippen LogP contribution is -2.14. The maximum Gasteiger partial charge on any atom is 0.341 e. The van der Waals surface area contributed by atoms with Gasteiger partial charge in [-0.15, -0.1) is 5.10 Å². The van der Waals surface area contributed by atoms with Crippen LogP contribution in [0, 0.1) is 0 Å². The van der Waals surface area contributed by atoms with Crippen LogP contribution in [0.1, 0.15) is 23.4 Å². The van der Waals surface area contributed by atoms with E-state index >= 15 is 0 Å². The standard InChI is InChI=1S/C13H14N4O4/c1-2-10-15-12(17-16-10)13(20)14-8-3-5-9(6-4-8)21-7-11(18)19/h3-6H,2,7H2,1H3,(H,14,20)(H,18,19)(H,15,16,17). The molecule has 1 amide bonds. The van der Waals surface area contributed by atoms with Gasteiger partial charge in [0.15, 0.2) is 6.61 Å². The van der Waals surface area contributed by atoms with Crippen LogP contribution in [-0.2, 0) is 11.2 Å². The molecule has 0 saturated heterocycles. The Hall–Kier alpha value is -2.90. The number of amides is 1. The molecule has 0 radical (unpaired) electrons. The Bertz CT molecular complexity index is 636. The first-order valence-electron chi connectivity index (χ1n) is 6.25. The molecule has 1 aromatic carbocycles. The topological polar surface area (TPSA) is 117 Å². The number of carbonyl (C=O) groups excluding carboxylic acids is 1. The number of nitrogens with zero attached hydrogens (tertiary/aromatic N) is 2. The monoisotopic (exact) mass is 290 g/mol. The van der Waals surface area contributed by atoms with Crippen molar-refractivity contribution in [1.82, 2.24) is 15.2 Å². The number of carboxylic acids is 1. The smallest absolute Gasteiger partial charge is 0.341 e. The summed E-state index contributed by atoms with van der Waals surface area (Å²) in [5.74, 6) is -0.369. The number of nitrogens with one attached hydrogen (secondary N) is 2. The fraction of sp³-hybridized carbons (Fsp3) is 0.231. The van der Waals surface area contributed by atoms with Crippen molar-refractivity contribution in [3.05, 3.63) is 35.9 Å². The van der Waals surface area contributed by atoms with Gasteiger partial charge in [-0.05, 0) is 24.3 Å². The number of rotatable bonds is 6. The van der Waals surface area contributed by atoms with E-state index in [0.29, 0.717) is 23.7 Å². The van der Waals surface area contributed by atoms with Gasteiger partial charge in [-0.25, -0.2) is 9.78 Å². The van der Waals surface area contributed by atoms with Gasteiger partial charge in [0, 0.05) is 12.1 Å². The van der Waals surface area contributed by atoms with Gasteiger partial charge in [-0.1, -0.05) is 6.92 Å². The summed E-state index contributed by atoms with van der Waals surface area (Å²) in [6.07, 6.45) is 0.663. The Morgan fingerprint density at radius 3 is 2.62 bits per heavy atom. The van der Waals surface area contributed by atoms with Crippen LogP contribution in [0.15, 0.2) is 24.3 Å². The fourth-order valence-electron chi connectivity index (χ4n) is 1.52. The molecular weight excluding hydrogens is 276 g/mol. The Morgan fingerprint density at radius 1 is 1.33 bits per heavy atom. The lowest BCUT2D eigenvalue weighted by molar-refractivity contribution is -0.139. The number of anilines is 1. The number of benzene rings is 1. The number of H-pyrrole nitrogens is 1. The van der Waals surface area contributed by atoms with Gasteiger partial charge in [0.25, 0.3) is 5.91 Å². The minimum absolute atomic E-state index is 0.0676. The maximum atomic E-state index is 11.9. The average Bonchev–Trinajstić information content (AvgIpc) is 2.95. The molecule has 0 aliphatic carbocycles. The van der Waals surface area contributed by atoms with E-state index in [9.17, 15) is 9.59 Å². The molecule has 8 nitrogen and oxygen atoms in total. The number of carboxylic acid groups (broad SMARTS) is 1. The van der Waals surface area contributed by atoms with Crippen LogP contribution in [0.4, 0.5) is 5.69 Å². The van der Waals surface area contributed by atoms with Gasteiger partial charge in [0.1, 0.15) is 11.6 Å². The number of aryl methyl sites for hydroxylation is 1. The van der Waals surface area contributed by atoms with Gasteiger partial charge >= 0.3 is 5.97 Å². The molecule has 2 aromatic rings. The highest BCUT2D eigenvalue weighted by atomic mass is 16.5. The lowest BCUT2D eigenvalue weighted by atomic mass is 10.3. The molecule has 8 heteroatoms. The molecule has 1 aromatic heterocycles. The first-order chi connectivity index (χ1) is 10.1. The third kappa shape index (κ3) is 4.03.